The second-order valence-electron chi connectivity index (χ2n) is 5.12. The molecule has 1 saturated heterocycles. The van der Waals surface area contributed by atoms with Crippen molar-refractivity contribution < 1.29 is 9.53 Å². The van der Waals surface area contributed by atoms with Gasteiger partial charge in [-0.2, -0.15) is 0 Å². The summed E-state index contributed by atoms with van der Waals surface area (Å²) in [7, 11) is 0. The molecule has 21 heavy (non-hydrogen) atoms. The summed E-state index contributed by atoms with van der Waals surface area (Å²) in [6, 6.07) is 11.8. The molecule has 0 unspecified atom stereocenters. The van der Waals surface area contributed by atoms with Crippen LogP contribution in [-0.4, -0.2) is 25.8 Å². The lowest BCUT2D eigenvalue weighted by Crippen LogP contribution is -2.33. The van der Waals surface area contributed by atoms with Gasteiger partial charge >= 0.3 is 6.03 Å². The summed E-state index contributed by atoms with van der Waals surface area (Å²) in [6.07, 6.45) is 1.02. The number of ether oxygens (including phenoxy) is 1. The highest BCUT2D eigenvalue weighted by Gasteiger charge is 2.16. The van der Waals surface area contributed by atoms with Crippen molar-refractivity contribution in [1.82, 2.24) is 5.32 Å². The normalized spacial score (nSPS) is 17.6. The molecule has 2 heterocycles. The molecule has 1 atom stereocenters. The molecule has 0 spiro atoms. The first-order chi connectivity index (χ1) is 10.3. The minimum absolute atomic E-state index is 0.162. The number of carbonyl (C=O) groups is 1. The van der Waals surface area contributed by atoms with E-state index in [1.807, 2.05) is 35.7 Å². The Kier molecular flexibility index (Phi) is 4.52. The van der Waals surface area contributed by atoms with Gasteiger partial charge in [-0.15, -0.1) is 11.3 Å². The lowest BCUT2D eigenvalue weighted by atomic mass is 10.1. The van der Waals surface area contributed by atoms with Crippen molar-refractivity contribution in [2.45, 2.75) is 6.42 Å². The highest BCUT2D eigenvalue weighted by molar-refractivity contribution is 7.13. The summed E-state index contributed by atoms with van der Waals surface area (Å²) in [4.78, 5) is 13.1. The summed E-state index contributed by atoms with van der Waals surface area (Å²) in [6.45, 7) is 2.21. The molecule has 1 aliphatic heterocycles. The van der Waals surface area contributed by atoms with Crippen LogP contribution >= 0.6 is 11.3 Å². The monoisotopic (exact) mass is 302 g/mol. The van der Waals surface area contributed by atoms with Crippen LogP contribution in [0.5, 0.6) is 0 Å². The van der Waals surface area contributed by atoms with Gasteiger partial charge in [-0.1, -0.05) is 18.2 Å². The highest BCUT2D eigenvalue weighted by Crippen LogP contribution is 2.26. The predicted octanol–water partition coefficient (Wildman–Crippen LogP) is 3.57. The van der Waals surface area contributed by atoms with Crippen LogP contribution in [0.4, 0.5) is 10.5 Å². The lowest BCUT2D eigenvalue weighted by molar-refractivity contribution is 0.185. The Balaban J connectivity index is 1.56. The van der Waals surface area contributed by atoms with E-state index < -0.39 is 0 Å². The first kappa shape index (κ1) is 14.1. The van der Waals surface area contributed by atoms with Crippen LogP contribution in [-0.2, 0) is 4.74 Å². The van der Waals surface area contributed by atoms with Crippen LogP contribution in [0, 0.1) is 5.92 Å². The van der Waals surface area contributed by atoms with Crippen LogP contribution in [0.15, 0.2) is 41.8 Å². The average Bonchev–Trinajstić information content (AvgIpc) is 3.19. The summed E-state index contributed by atoms with van der Waals surface area (Å²) in [5.74, 6) is 0.438. The van der Waals surface area contributed by atoms with Gasteiger partial charge in [-0.05, 0) is 35.6 Å². The van der Waals surface area contributed by atoms with Crippen molar-refractivity contribution in [3.63, 3.8) is 0 Å². The van der Waals surface area contributed by atoms with E-state index >= 15 is 0 Å². The standard InChI is InChI=1S/C16H18N2O2S/c19-16(17-10-12-6-7-20-11-12)18-14-4-1-3-13(9-14)15-5-2-8-21-15/h1-5,8-9,12H,6-7,10-11H2,(H2,17,18,19)/t12-/m0/s1. The topological polar surface area (TPSA) is 50.4 Å². The molecule has 2 amide bonds. The summed E-state index contributed by atoms with van der Waals surface area (Å²) < 4.78 is 5.29. The van der Waals surface area contributed by atoms with Crippen LogP contribution in [0.2, 0.25) is 0 Å². The van der Waals surface area contributed by atoms with Crippen molar-refractivity contribution in [3.05, 3.63) is 41.8 Å². The van der Waals surface area contributed by atoms with Gasteiger partial charge in [0.15, 0.2) is 0 Å². The summed E-state index contributed by atoms with van der Waals surface area (Å²) >= 11 is 1.69. The number of anilines is 1. The Morgan fingerprint density at radius 3 is 3.05 bits per heavy atom. The largest absolute Gasteiger partial charge is 0.381 e. The maximum Gasteiger partial charge on any atom is 0.319 e. The molecule has 1 fully saturated rings. The van der Waals surface area contributed by atoms with Gasteiger partial charge in [-0.25, -0.2) is 4.79 Å². The van der Waals surface area contributed by atoms with E-state index in [1.54, 1.807) is 11.3 Å². The second kappa shape index (κ2) is 6.74. The first-order valence-electron chi connectivity index (χ1n) is 7.08. The fraction of sp³-hybridized carbons (Fsp3) is 0.312. The number of benzene rings is 1. The van der Waals surface area contributed by atoms with E-state index in [9.17, 15) is 4.79 Å². The Morgan fingerprint density at radius 1 is 1.33 bits per heavy atom. The lowest BCUT2D eigenvalue weighted by Gasteiger charge is -2.11. The number of carbonyl (C=O) groups excluding carboxylic acids is 1. The van der Waals surface area contributed by atoms with Crippen molar-refractivity contribution in [1.29, 1.82) is 0 Å². The van der Waals surface area contributed by atoms with Crippen molar-refractivity contribution in [2.75, 3.05) is 25.1 Å². The van der Waals surface area contributed by atoms with E-state index in [1.165, 1.54) is 4.88 Å². The van der Waals surface area contributed by atoms with Gasteiger partial charge in [0.05, 0.1) is 6.61 Å². The smallest absolute Gasteiger partial charge is 0.319 e. The van der Waals surface area contributed by atoms with E-state index in [4.69, 9.17) is 4.74 Å². The SMILES string of the molecule is O=C(NC[C@@H]1CCOC1)Nc1cccc(-c2cccs2)c1. The zero-order valence-corrected chi connectivity index (χ0v) is 12.5. The van der Waals surface area contributed by atoms with Crippen molar-refractivity contribution >= 4 is 23.1 Å². The molecule has 0 bridgehead atoms. The maximum absolute atomic E-state index is 11.9. The highest BCUT2D eigenvalue weighted by atomic mass is 32.1. The molecular formula is C16H18N2O2S. The third-order valence-electron chi connectivity index (χ3n) is 3.50. The van der Waals surface area contributed by atoms with Gasteiger partial charge in [0.2, 0.25) is 0 Å². The number of hydrogen-bond donors (Lipinski definition) is 2. The van der Waals surface area contributed by atoms with Gasteiger partial charge in [0.1, 0.15) is 0 Å². The molecule has 4 nitrogen and oxygen atoms in total. The molecule has 3 rings (SSSR count). The molecule has 0 aliphatic carbocycles. The minimum atomic E-state index is -0.162. The predicted molar refractivity (Wildman–Crippen MR) is 85.7 cm³/mol. The fourth-order valence-corrected chi connectivity index (χ4v) is 3.07. The molecule has 110 valence electrons. The average molecular weight is 302 g/mol. The molecule has 2 aromatic rings. The zero-order chi connectivity index (χ0) is 14.5. The molecular weight excluding hydrogens is 284 g/mol. The Hall–Kier alpha value is -1.85. The molecule has 5 heteroatoms. The van der Waals surface area contributed by atoms with E-state index in [-0.39, 0.29) is 6.03 Å². The van der Waals surface area contributed by atoms with Crippen LogP contribution < -0.4 is 10.6 Å². The van der Waals surface area contributed by atoms with E-state index in [0.717, 1.165) is 30.9 Å². The summed E-state index contributed by atoms with van der Waals surface area (Å²) in [5.41, 5.74) is 1.92. The molecule has 2 N–H and O–H groups in total. The number of nitrogens with one attached hydrogen (secondary N) is 2. The third kappa shape index (κ3) is 3.83. The van der Waals surface area contributed by atoms with Gasteiger partial charge in [-0.3, -0.25) is 0 Å². The number of urea groups is 1. The molecule has 1 aromatic heterocycles. The number of amides is 2. The third-order valence-corrected chi connectivity index (χ3v) is 4.42. The van der Waals surface area contributed by atoms with E-state index in [2.05, 4.69) is 16.7 Å². The number of rotatable bonds is 4. The number of hydrogen-bond acceptors (Lipinski definition) is 3. The Bertz CT molecular complexity index is 592. The summed E-state index contributed by atoms with van der Waals surface area (Å²) in [5, 5.41) is 7.83. The molecule has 0 radical (unpaired) electrons. The van der Waals surface area contributed by atoms with Crippen molar-refractivity contribution in [3.8, 4) is 10.4 Å². The van der Waals surface area contributed by atoms with Crippen LogP contribution in [0.1, 0.15) is 6.42 Å². The first-order valence-corrected chi connectivity index (χ1v) is 7.96. The van der Waals surface area contributed by atoms with Crippen LogP contribution in [0.3, 0.4) is 0 Å². The maximum atomic E-state index is 11.9. The molecule has 0 saturated carbocycles. The minimum Gasteiger partial charge on any atom is -0.381 e. The fourth-order valence-electron chi connectivity index (χ4n) is 2.35. The van der Waals surface area contributed by atoms with Crippen LogP contribution in [0.25, 0.3) is 10.4 Å². The van der Waals surface area contributed by atoms with Gasteiger partial charge in [0, 0.05) is 29.6 Å². The quantitative estimate of drug-likeness (QED) is 0.907. The van der Waals surface area contributed by atoms with Gasteiger partial charge in [0.25, 0.3) is 0 Å². The van der Waals surface area contributed by atoms with E-state index in [0.29, 0.717) is 12.5 Å². The number of thiophene rings is 1. The Morgan fingerprint density at radius 2 is 2.29 bits per heavy atom. The van der Waals surface area contributed by atoms with Crippen molar-refractivity contribution in [2.24, 2.45) is 5.92 Å². The zero-order valence-electron chi connectivity index (χ0n) is 11.7. The second-order valence-corrected chi connectivity index (χ2v) is 6.07. The Labute approximate surface area is 128 Å². The molecule has 1 aliphatic rings. The molecule has 1 aromatic carbocycles. The van der Waals surface area contributed by atoms with Gasteiger partial charge < -0.3 is 15.4 Å².